The van der Waals surface area contributed by atoms with Gasteiger partial charge in [0.2, 0.25) is 0 Å². The molecule has 0 saturated heterocycles. The van der Waals surface area contributed by atoms with Crippen molar-refractivity contribution >= 4 is 39.3 Å². The van der Waals surface area contributed by atoms with E-state index in [9.17, 15) is 4.79 Å². The maximum absolute atomic E-state index is 13.3. The lowest BCUT2D eigenvalue weighted by molar-refractivity contribution is -0.113. The van der Waals surface area contributed by atoms with Gasteiger partial charge in [-0.05, 0) is 66.6 Å². The minimum absolute atomic E-state index is 0.0416. The second-order valence-corrected chi connectivity index (χ2v) is 7.53. The molecule has 0 aliphatic carbocycles. The lowest BCUT2D eigenvalue weighted by atomic mass is 10.1. The predicted molar refractivity (Wildman–Crippen MR) is 122 cm³/mol. The Hall–Kier alpha value is -3.11. The number of hydrogen-bond acceptors (Lipinski definition) is 2. The molecule has 3 aromatic rings. The van der Waals surface area contributed by atoms with Crippen molar-refractivity contribution in [3.05, 3.63) is 106 Å². The van der Waals surface area contributed by atoms with Crippen molar-refractivity contribution in [2.45, 2.75) is 6.92 Å². The summed E-state index contributed by atoms with van der Waals surface area (Å²) < 4.78 is 6.48. The molecule has 0 spiro atoms. The van der Waals surface area contributed by atoms with Crippen molar-refractivity contribution in [1.29, 1.82) is 0 Å². The SMILES string of the molecule is CCOc1ccc(/C=C2\C=C(c3ccccc3)N(c3ccc(Br)cc3)C2=O)cc1. The van der Waals surface area contributed by atoms with Crippen molar-refractivity contribution in [2.24, 2.45) is 0 Å². The van der Waals surface area contributed by atoms with Crippen molar-refractivity contribution in [3.8, 4) is 5.75 Å². The van der Waals surface area contributed by atoms with E-state index < -0.39 is 0 Å². The molecule has 0 unspecified atom stereocenters. The summed E-state index contributed by atoms with van der Waals surface area (Å²) in [7, 11) is 0. The maximum Gasteiger partial charge on any atom is 0.262 e. The number of amides is 1. The number of nitrogens with zero attached hydrogens (tertiary/aromatic N) is 1. The Labute approximate surface area is 179 Å². The van der Waals surface area contributed by atoms with Gasteiger partial charge in [-0.15, -0.1) is 0 Å². The van der Waals surface area contributed by atoms with E-state index in [1.165, 1.54) is 0 Å². The lowest BCUT2D eigenvalue weighted by Gasteiger charge is -2.21. The third-order valence-electron chi connectivity index (χ3n) is 4.65. The fraction of sp³-hybridized carbons (Fsp3) is 0.0800. The van der Waals surface area contributed by atoms with Gasteiger partial charge in [0.25, 0.3) is 5.91 Å². The summed E-state index contributed by atoms with van der Waals surface area (Å²) in [5, 5.41) is 0. The van der Waals surface area contributed by atoms with Gasteiger partial charge in [0.05, 0.1) is 12.3 Å². The van der Waals surface area contributed by atoms with Crippen LogP contribution in [0.25, 0.3) is 11.8 Å². The van der Waals surface area contributed by atoms with Gasteiger partial charge in [0.1, 0.15) is 5.75 Å². The molecule has 0 bridgehead atoms. The second-order valence-electron chi connectivity index (χ2n) is 6.61. The van der Waals surface area contributed by atoms with Crippen LogP contribution in [0.1, 0.15) is 18.1 Å². The van der Waals surface area contributed by atoms with Crippen LogP contribution in [0.4, 0.5) is 5.69 Å². The zero-order valence-electron chi connectivity index (χ0n) is 16.0. The molecule has 29 heavy (non-hydrogen) atoms. The quantitative estimate of drug-likeness (QED) is 0.430. The van der Waals surface area contributed by atoms with Gasteiger partial charge in [0.15, 0.2) is 0 Å². The number of benzene rings is 3. The molecule has 1 aliphatic heterocycles. The number of anilines is 1. The van der Waals surface area contributed by atoms with Crippen LogP contribution in [-0.2, 0) is 4.79 Å². The maximum atomic E-state index is 13.3. The molecular weight excluding hydrogens is 426 g/mol. The van der Waals surface area contributed by atoms with E-state index in [0.717, 1.165) is 32.7 Å². The summed E-state index contributed by atoms with van der Waals surface area (Å²) >= 11 is 3.46. The second kappa shape index (κ2) is 8.50. The highest BCUT2D eigenvalue weighted by Crippen LogP contribution is 2.35. The summed E-state index contributed by atoms with van der Waals surface area (Å²) in [5.41, 5.74) is 4.31. The van der Waals surface area contributed by atoms with Crippen molar-refractivity contribution < 1.29 is 9.53 Å². The molecule has 4 heteroatoms. The van der Waals surface area contributed by atoms with Crippen LogP contribution in [0.5, 0.6) is 5.75 Å². The van der Waals surface area contributed by atoms with Gasteiger partial charge in [-0.3, -0.25) is 9.69 Å². The first-order chi connectivity index (χ1) is 14.2. The molecule has 0 saturated carbocycles. The third kappa shape index (κ3) is 4.17. The molecular formula is C25H20BrNO2. The van der Waals surface area contributed by atoms with Crippen LogP contribution >= 0.6 is 15.9 Å². The first-order valence-electron chi connectivity index (χ1n) is 9.47. The van der Waals surface area contributed by atoms with Crippen molar-refractivity contribution in [1.82, 2.24) is 0 Å². The van der Waals surface area contributed by atoms with Crippen LogP contribution in [0.2, 0.25) is 0 Å². The minimum atomic E-state index is -0.0416. The van der Waals surface area contributed by atoms with E-state index in [0.29, 0.717) is 12.2 Å². The standard InChI is InChI=1S/C25H20BrNO2/c1-2-29-23-14-8-18(9-15-23)16-20-17-24(19-6-4-3-5-7-19)27(25(20)28)22-12-10-21(26)11-13-22/h3-17H,2H2,1H3/b20-16+. The first kappa shape index (κ1) is 19.2. The summed E-state index contributed by atoms with van der Waals surface area (Å²) in [6.07, 6.45) is 3.87. The number of carbonyl (C=O) groups is 1. The molecule has 0 atom stereocenters. The fourth-order valence-corrected chi connectivity index (χ4v) is 3.55. The Morgan fingerprint density at radius 1 is 0.931 bits per heavy atom. The van der Waals surface area contributed by atoms with Crippen molar-refractivity contribution in [3.63, 3.8) is 0 Å². The normalized spacial score (nSPS) is 15.0. The van der Waals surface area contributed by atoms with E-state index >= 15 is 0 Å². The third-order valence-corrected chi connectivity index (χ3v) is 5.18. The zero-order chi connectivity index (χ0) is 20.2. The van der Waals surface area contributed by atoms with Crippen LogP contribution < -0.4 is 9.64 Å². The molecule has 3 nitrogen and oxygen atoms in total. The topological polar surface area (TPSA) is 29.5 Å². The van der Waals surface area contributed by atoms with E-state index in [4.69, 9.17) is 4.74 Å². The van der Waals surface area contributed by atoms with Gasteiger partial charge >= 0.3 is 0 Å². The van der Waals surface area contributed by atoms with Gasteiger partial charge < -0.3 is 4.74 Å². The Kier molecular flexibility index (Phi) is 5.63. The van der Waals surface area contributed by atoms with Gasteiger partial charge in [-0.1, -0.05) is 58.4 Å². The highest BCUT2D eigenvalue weighted by molar-refractivity contribution is 9.10. The van der Waals surface area contributed by atoms with E-state index in [2.05, 4.69) is 15.9 Å². The number of hydrogen-bond donors (Lipinski definition) is 0. The monoisotopic (exact) mass is 445 g/mol. The predicted octanol–water partition coefficient (Wildman–Crippen LogP) is 6.32. The van der Waals surface area contributed by atoms with Gasteiger partial charge in [-0.25, -0.2) is 0 Å². The molecule has 1 amide bonds. The molecule has 3 aromatic carbocycles. The molecule has 4 rings (SSSR count). The summed E-state index contributed by atoms with van der Waals surface area (Å²) in [5.74, 6) is 0.782. The van der Waals surface area contributed by atoms with Crippen LogP contribution in [0.3, 0.4) is 0 Å². The number of carbonyl (C=O) groups excluding carboxylic acids is 1. The minimum Gasteiger partial charge on any atom is -0.494 e. The van der Waals surface area contributed by atoms with E-state index in [1.54, 1.807) is 4.90 Å². The molecule has 0 radical (unpaired) electrons. The smallest absolute Gasteiger partial charge is 0.262 e. The van der Waals surface area contributed by atoms with Crippen LogP contribution in [-0.4, -0.2) is 12.5 Å². The molecule has 0 N–H and O–H groups in total. The number of halogens is 1. The summed E-state index contributed by atoms with van der Waals surface area (Å²) in [4.78, 5) is 15.1. The Balaban J connectivity index is 1.74. The average Bonchev–Trinajstić information content (AvgIpc) is 3.07. The Morgan fingerprint density at radius 2 is 1.62 bits per heavy atom. The molecule has 144 valence electrons. The fourth-order valence-electron chi connectivity index (χ4n) is 3.29. The highest BCUT2D eigenvalue weighted by atomic mass is 79.9. The van der Waals surface area contributed by atoms with Crippen LogP contribution in [0, 0.1) is 0 Å². The number of ether oxygens (including phenoxy) is 1. The van der Waals surface area contributed by atoms with E-state index in [-0.39, 0.29) is 5.91 Å². The summed E-state index contributed by atoms with van der Waals surface area (Å²) in [6.45, 7) is 2.59. The molecule has 1 heterocycles. The Morgan fingerprint density at radius 3 is 2.28 bits per heavy atom. The zero-order valence-corrected chi connectivity index (χ0v) is 17.6. The number of rotatable bonds is 5. The lowest BCUT2D eigenvalue weighted by Crippen LogP contribution is -2.24. The Bertz CT molecular complexity index is 1070. The summed E-state index contributed by atoms with van der Waals surface area (Å²) in [6, 6.07) is 25.5. The largest absolute Gasteiger partial charge is 0.494 e. The van der Waals surface area contributed by atoms with Gasteiger partial charge in [0, 0.05) is 15.7 Å². The molecule has 1 aliphatic rings. The van der Waals surface area contributed by atoms with E-state index in [1.807, 2.05) is 97.9 Å². The molecule has 0 aromatic heterocycles. The van der Waals surface area contributed by atoms with Crippen molar-refractivity contribution in [2.75, 3.05) is 11.5 Å². The molecule has 0 fully saturated rings. The highest BCUT2D eigenvalue weighted by Gasteiger charge is 2.30. The first-order valence-corrected chi connectivity index (χ1v) is 10.3. The average molecular weight is 446 g/mol. The van der Waals surface area contributed by atoms with Crippen LogP contribution in [0.15, 0.2) is 95.0 Å². The van der Waals surface area contributed by atoms with Gasteiger partial charge in [-0.2, -0.15) is 0 Å².